The molecule has 4 heteroatoms. The maximum Gasteiger partial charge on any atom is 0.328 e. The molecular weight excluding hydrogens is 424 g/mol. The van der Waals surface area contributed by atoms with Gasteiger partial charge in [-0.2, -0.15) is 0 Å². The lowest BCUT2D eigenvalue weighted by atomic mass is 9.82. The van der Waals surface area contributed by atoms with Gasteiger partial charge >= 0.3 is 11.9 Å². The molecule has 4 nitrogen and oxygen atoms in total. The summed E-state index contributed by atoms with van der Waals surface area (Å²) in [7, 11) is 0. The maximum atomic E-state index is 13.1. The lowest BCUT2D eigenvalue weighted by Crippen LogP contribution is -2.42. The standard InChI is InChI=1S/C30H50O4/c1-6-9-10-11-12-13-14-15-16-17-18-21-24-33-28(31)30(7-2,8-3)29(32)34-27-23-20-19-22-26(27)25(4)5/h19-20,22-23,25H,6-18,21,24H2,1-5H3. The van der Waals surface area contributed by atoms with Gasteiger partial charge in [0.05, 0.1) is 6.61 Å². The number of carbonyl (C=O) groups excluding carboxylic acids is 2. The van der Waals surface area contributed by atoms with Gasteiger partial charge in [0, 0.05) is 0 Å². The Kier molecular flexibility index (Phi) is 15.6. The monoisotopic (exact) mass is 474 g/mol. The van der Waals surface area contributed by atoms with E-state index in [-0.39, 0.29) is 5.92 Å². The molecule has 0 amide bonds. The number of hydrogen-bond donors (Lipinski definition) is 0. The summed E-state index contributed by atoms with van der Waals surface area (Å²) in [5.74, 6) is -0.208. The minimum absolute atomic E-state index is 0.222. The van der Waals surface area contributed by atoms with Crippen LogP contribution in [0.3, 0.4) is 0 Å². The molecule has 1 aromatic rings. The summed E-state index contributed by atoms with van der Waals surface area (Å²) in [4.78, 5) is 26.1. The number of hydrogen-bond acceptors (Lipinski definition) is 4. The van der Waals surface area contributed by atoms with E-state index in [1.165, 1.54) is 64.2 Å². The third kappa shape index (κ3) is 10.2. The van der Waals surface area contributed by atoms with E-state index in [4.69, 9.17) is 9.47 Å². The summed E-state index contributed by atoms with van der Waals surface area (Å²) in [5.41, 5.74) is -0.289. The van der Waals surface area contributed by atoms with Crippen molar-refractivity contribution in [1.82, 2.24) is 0 Å². The van der Waals surface area contributed by atoms with Crippen molar-refractivity contribution in [1.29, 1.82) is 0 Å². The van der Waals surface area contributed by atoms with Crippen molar-refractivity contribution >= 4 is 11.9 Å². The fraction of sp³-hybridized carbons (Fsp3) is 0.733. The number of ether oxygens (including phenoxy) is 2. The summed E-state index contributed by atoms with van der Waals surface area (Å²) in [6, 6.07) is 7.53. The first-order chi connectivity index (χ1) is 16.4. The highest BCUT2D eigenvalue weighted by atomic mass is 16.6. The van der Waals surface area contributed by atoms with Crippen molar-refractivity contribution in [2.75, 3.05) is 6.61 Å². The summed E-state index contributed by atoms with van der Waals surface area (Å²) >= 11 is 0. The molecule has 0 aliphatic heterocycles. The van der Waals surface area contributed by atoms with Crippen LogP contribution < -0.4 is 4.74 Å². The van der Waals surface area contributed by atoms with Gasteiger partial charge in [0.25, 0.3) is 0 Å². The fourth-order valence-electron chi connectivity index (χ4n) is 4.40. The third-order valence-electron chi connectivity index (χ3n) is 6.96. The molecule has 0 N–H and O–H groups in total. The molecule has 0 aliphatic rings. The Morgan fingerprint density at radius 1 is 0.735 bits per heavy atom. The Labute approximate surface area is 209 Å². The van der Waals surface area contributed by atoms with E-state index in [1.807, 2.05) is 32.0 Å². The zero-order valence-corrected chi connectivity index (χ0v) is 22.6. The SMILES string of the molecule is CCCCCCCCCCCCCCOC(=O)C(CC)(CC)C(=O)Oc1ccccc1C(C)C. The predicted molar refractivity (Wildman–Crippen MR) is 141 cm³/mol. The number of carbonyl (C=O) groups is 2. The van der Waals surface area contributed by atoms with Gasteiger partial charge in [0.2, 0.25) is 0 Å². The van der Waals surface area contributed by atoms with Crippen LogP contribution in [0.2, 0.25) is 0 Å². The molecule has 0 bridgehead atoms. The zero-order chi connectivity index (χ0) is 25.2. The van der Waals surface area contributed by atoms with Crippen molar-refractivity contribution in [3.63, 3.8) is 0 Å². The Balaban J connectivity index is 2.37. The molecule has 1 aromatic carbocycles. The number of para-hydroxylation sites is 1. The van der Waals surface area contributed by atoms with Crippen LogP contribution in [0.25, 0.3) is 0 Å². The van der Waals surface area contributed by atoms with Crippen LogP contribution in [0.4, 0.5) is 0 Å². The Morgan fingerprint density at radius 3 is 1.74 bits per heavy atom. The van der Waals surface area contributed by atoms with Crippen molar-refractivity contribution in [3.8, 4) is 5.75 Å². The first kappa shape index (κ1) is 30.2. The van der Waals surface area contributed by atoms with Crippen LogP contribution in [0, 0.1) is 5.41 Å². The van der Waals surface area contributed by atoms with E-state index in [2.05, 4.69) is 20.8 Å². The Bertz CT molecular complexity index is 691. The van der Waals surface area contributed by atoms with Crippen LogP contribution in [0.1, 0.15) is 136 Å². The molecule has 0 heterocycles. The Morgan fingerprint density at radius 2 is 1.24 bits per heavy atom. The van der Waals surface area contributed by atoms with Gasteiger partial charge in [0.1, 0.15) is 5.75 Å². The lowest BCUT2D eigenvalue weighted by molar-refractivity contribution is -0.168. The molecule has 0 saturated carbocycles. The minimum atomic E-state index is -1.25. The molecular formula is C30H50O4. The average Bonchev–Trinajstić information content (AvgIpc) is 2.83. The molecule has 0 aliphatic carbocycles. The molecule has 34 heavy (non-hydrogen) atoms. The second-order valence-corrected chi connectivity index (χ2v) is 9.90. The highest BCUT2D eigenvalue weighted by Crippen LogP contribution is 2.33. The van der Waals surface area contributed by atoms with E-state index in [9.17, 15) is 9.59 Å². The van der Waals surface area contributed by atoms with Gasteiger partial charge < -0.3 is 9.47 Å². The van der Waals surface area contributed by atoms with Gasteiger partial charge in [-0.3, -0.25) is 9.59 Å². The van der Waals surface area contributed by atoms with Crippen LogP contribution in [-0.4, -0.2) is 18.5 Å². The second-order valence-electron chi connectivity index (χ2n) is 9.90. The summed E-state index contributed by atoms with van der Waals surface area (Å²) in [6.07, 6.45) is 15.9. The molecule has 0 atom stereocenters. The van der Waals surface area contributed by atoms with Crippen LogP contribution >= 0.6 is 0 Å². The van der Waals surface area contributed by atoms with Gasteiger partial charge in [-0.25, -0.2) is 0 Å². The third-order valence-corrected chi connectivity index (χ3v) is 6.96. The molecule has 0 saturated heterocycles. The van der Waals surface area contributed by atoms with Crippen LogP contribution in [-0.2, 0) is 14.3 Å². The first-order valence-electron chi connectivity index (χ1n) is 13.9. The smallest absolute Gasteiger partial charge is 0.328 e. The summed E-state index contributed by atoms with van der Waals surface area (Å²) < 4.78 is 11.3. The Hall–Kier alpha value is -1.84. The van der Waals surface area contributed by atoms with Gasteiger partial charge in [-0.1, -0.05) is 123 Å². The van der Waals surface area contributed by atoms with Crippen molar-refractivity contribution in [2.45, 2.75) is 130 Å². The normalized spacial score (nSPS) is 11.6. The summed E-state index contributed by atoms with van der Waals surface area (Å²) in [5, 5.41) is 0. The van der Waals surface area contributed by atoms with Gasteiger partial charge in [0.15, 0.2) is 5.41 Å². The van der Waals surface area contributed by atoms with Crippen molar-refractivity contribution < 1.29 is 19.1 Å². The van der Waals surface area contributed by atoms with E-state index >= 15 is 0 Å². The number of benzene rings is 1. The van der Waals surface area contributed by atoms with Crippen molar-refractivity contribution in [2.24, 2.45) is 5.41 Å². The van der Waals surface area contributed by atoms with E-state index < -0.39 is 17.4 Å². The van der Waals surface area contributed by atoms with Crippen LogP contribution in [0.5, 0.6) is 5.75 Å². The summed E-state index contributed by atoms with van der Waals surface area (Å²) in [6.45, 7) is 10.4. The quantitative estimate of drug-likeness (QED) is 0.0870. The second kappa shape index (κ2) is 17.6. The number of esters is 2. The fourth-order valence-corrected chi connectivity index (χ4v) is 4.40. The molecule has 0 spiro atoms. The zero-order valence-electron chi connectivity index (χ0n) is 22.6. The highest BCUT2D eigenvalue weighted by Gasteiger charge is 2.46. The predicted octanol–water partition coefficient (Wildman–Crippen LogP) is 8.77. The van der Waals surface area contributed by atoms with Crippen molar-refractivity contribution in [3.05, 3.63) is 29.8 Å². The molecule has 194 valence electrons. The van der Waals surface area contributed by atoms with E-state index in [1.54, 1.807) is 6.07 Å². The largest absolute Gasteiger partial charge is 0.465 e. The molecule has 0 unspecified atom stereocenters. The van der Waals surface area contributed by atoms with Gasteiger partial charge in [-0.05, 0) is 36.8 Å². The minimum Gasteiger partial charge on any atom is -0.465 e. The lowest BCUT2D eigenvalue weighted by Gasteiger charge is -2.27. The molecule has 0 radical (unpaired) electrons. The first-order valence-corrected chi connectivity index (χ1v) is 13.9. The molecule has 0 aromatic heterocycles. The average molecular weight is 475 g/mol. The topological polar surface area (TPSA) is 52.6 Å². The maximum absolute atomic E-state index is 13.1. The van der Waals surface area contributed by atoms with E-state index in [0.29, 0.717) is 25.2 Å². The number of rotatable bonds is 19. The van der Waals surface area contributed by atoms with Crippen LogP contribution in [0.15, 0.2) is 24.3 Å². The molecule has 1 rings (SSSR count). The highest BCUT2D eigenvalue weighted by molar-refractivity contribution is 6.00. The number of unbranched alkanes of at least 4 members (excludes halogenated alkanes) is 11. The van der Waals surface area contributed by atoms with E-state index in [0.717, 1.165) is 18.4 Å². The van der Waals surface area contributed by atoms with Gasteiger partial charge in [-0.15, -0.1) is 0 Å². The molecule has 0 fully saturated rings.